The van der Waals surface area contributed by atoms with Crippen LogP contribution in [0.5, 0.6) is 0 Å². The molecule has 17 heavy (non-hydrogen) atoms. The van der Waals surface area contributed by atoms with Crippen LogP contribution in [-0.4, -0.2) is 30.1 Å². The van der Waals surface area contributed by atoms with Crippen molar-refractivity contribution in [1.29, 1.82) is 0 Å². The molecule has 2 heteroatoms. The van der Waals surface area contributed by atoms with Crippen LogP contribution in [0.15, 0.2) is 11.6 Å². The first-order valence-corrected chi connectivity index (χ1v) is 7.42. The Hall–Kier alpha value is -0.340. The van der Waals surface area contributed by atoms with E-state index in [1.54, 1.807) is 5.57 Å². The molecule has 2 saturated heterocycles. The Morgan fingerprint density at radius 3 is 2.53 bits per heavy atom. The molecule has 3 aliphatic rings. The van der Waals surface area contributed by atoms with Crippen molar-refractivity contribution >= 4 is 0 Å². The Morgan fingerprint density at radius 1 is 1.24 bits per heavy atom. The van der Waals surface area contributed by atoms with Gasteiger partial charge < -0.3 is 10.6 Å². The first kappa shape index (κ1) is 11.7. The van der Waals surface area contributed by atoms with Crippen LogP contribution in [0.3, 0.4) is 0 Å². The predicted molar refractivity (Wildman–Crippen MR) is 71.8 cm³/mol. The Morgan fingerprint density at radius 2 is 1.94 bits per heavy atom. The lowest BCUT2D eigenvalue weighted by Gasteiger charge is -2.39. The van der Waals surface area contributed by atoms with Gasteiger partial charge in [0.1, 0.15) is 0 Å². The van der Waals surface area contributed by atoms with Gasteiger partial charge in [-0.1, -0.05) is 11.6 Å². The molecule has 3 rings (SSSR count). The molecule has 0 saturated carbocycles. The van der Waals surface area contributed by atoms with Crippen LogP contribution in [0, 0.1) is 5.92 Å². The number of allylic oxidation sites excluding steroid dienone is 1. The normalized spacial score (nSPS) is 40.1. The van der Waals surface area contributed by atoms with E-state index in [1.165, 1.54) is 51.4 Å². The van der Waals surface area contributed by atoms with Gasteiger partial charge in [-0.05, 0) is 64.3 Å². The highest BCUT2D eigenvalue weighted by molar-refractivity contribution is 5.15. The van der Waals surface area contributed by atoms with E-state index in [9.17, 15) is 0 Å². The molecule has 0 aromatic heterocycles. The van der Waals surface area contributed by atoms with E-state index in [4.69, 9.17) is 5.73 Å². The van der Waals surface area contributed by atoms with Gasteiger partial charge in [0.25, 0.3) is 0 Å². The number of rotatable bonds is 2. The maximum Gasteiger partial charge on any atom is 0.0283 e. The first-order valence-electron chi connectivity index (χ1n) is 7.42. The lowest BCUT2D eigenvalue weighted by Crippen LogP contribution is -2.46. The minimum atomic E-state index is 0.368. The van der Waals surface area contributed by atoms with Crippen molar-refractivity contribution in [2.24, 2.45) is 11.7 Å². The van der Waals surface area contributed by atoms with Gasteiger partial charge in [-0.3, -0.25) is 0 Å². The van der Waals surface area contributed by atoms with Crippen molar-refractivity contribution in [3.8, 4) is 0 Å². The molecule has 2 aliphatic heterocycles. The third-order valence-corrected chi connectivity index (χ3v) is 5.40. The van der Waals surface area contributed by atoms with Gasteiger partial charge in [-0.15, -0.1) is 0 Å². The van der Waals surface area contributed by atoms with Gasteiger partial charge in [-0.25, -0.2) is 0 Å². The van der Waals surface area contributed by atoms with Crippen LogP contribution in [0.25, 0.3) is 0 Å². The van der Waals surface area contributed by atoms with Crippen LogP contribution in [0.4, 0.5) is 0 Å². The summed E-state index contributed by atoms with van der Waals surface area (Å²) in [6.07, 6.45) is 13.2. The SMILES string of the molecule is CN1C2CCC1CC(C(N)C1=CCCCC1)C2. The summed E-state index contributed by atoms with van der Waals surface area (Å²) < 4.78 is 0. The molecule has 0 aromatic rings. The molecule has 96 valence electrons. The molecule has 2 N–H and O–H groups in total. The largest absolute Gasteiger partial charge is 0.324 e. The summed E-state index contributed by atoms with van der Waals surface area (Å²) in [6.45, 7) is 0. The lowest BCUT2D eigenvalue weighted by molar-refractivity contribution is 0.125. The van der Waals surface area contributed by atoms with E-state index in [-0.39, 0.29) is 0 Å². The van der Waals surface area contributed by atoms with E-state index < -0.39 is 0 Å². The van der Waals surface area contributed by atoms with Gasteiger partial charge in [0.2, 0.25) is 0 Å². The fourth-order valence-electron chi connectivity index (χ4n) is 4.22. The second-order valence-electron chi connectivity index (χ2n) is 6.33. The number of hydrogen-bond acceptors (Lipinski definition) is 2. The van der Waals surface area contributed by atoms with Crippen molar-refractivity contribution in [3.05, 3.63) is 11.6 Å². The quantitative estimate of drug-likeness (QED) is 0.744. The minimum absolute atomic E-state index is 0.368. The highest BCUT2D eigenvalue weighted by atomic mass is 15.2. The Bertz CT molecular complexity index is 296. The van der Waals surface area contributed by atoms with Crippen LogP contribution >= 0.6 is 0 Å². The van der Waals surface area contributed by atoms with Crippen molar-refractivity contribution in [2.45, 2.75) is 69.5 Å². The molecule has 0 spiro atoms. The summed E-state index contributed by atoms with van der Waals surface area (Å²) in [5.74, 6) is 0.757. The fraction of sp³-hybridized carbons (Fsp3) is 0.867. The van der Waals surface area contributed by atoms with Crippen LogP contribution in [0.2, 0.25) is 0 Å². The predicted octanol–water partition coefficient (Wildman–Crippen LogP) is 2.69. The molecule has 2 heterocycles. The average Bonchev–Trinajstić information content (AvgIpc) is 2.61. The monoisotopic (exact) mass is 234 g/mol. The number of fused-ring (bicyclic) bond motifs is 2. The molecule has 0 aromatic carbocycles. The van der Waals surface area contributed by atoms with Gasteiger partial charge in [-0.2, -0.15) is 0 Å². The maximum absolute atomic E-state index is 6.53. The van der Waals surface area contributed by atoms with Crippen LogP contribution < -0.4 is 5.73 Å². The van der Waals surface area contributed by atoms with Gasteiger partial charge >= 0.3 is 0 Å². The minimum Gasteiger partial charge on any atom is -0.324 e. The smallest absolute Gasteiger partial charge is 0.0283 e. The number of nitrogens with zero attached hydrogens (tertiary/aromatic N) is 1. The zero-order chi connectivity index (χ0) is 11.8. The highest BCUT2D eigenvalue weighted by Crippen LogP contribution is 2.40. The summed E-state index contributed by atoms with van der Waals surface area (Å²) in [6, 6.07) is 2.02. The third-order valence-electron chi connectivity index (χ3n) is 5.40. The molecule has 0 radical (unpaired) electrons. The molecule has 3 unspecified atom stereocenters. The van der Waals surface area contributed by atoms with Gasteiger partial charge in [0, 0.05) is 18.1 Å². The zero-order valence-electron chi connectivity index (χ0n) is 11.1. The molecule has 3 atom stereocenters. The van der Waals surface area contributed by atoms with Crippen molar-refractivity contribution in [3.63, 3.8) is 0 Å². The van der Waals surface area contributed by atoms with Crippen LogP contribution in [-0.2, 0) is 0 Å². The number of piperidine rings is 1. The molecular weight excluding hydrogens is 208 g/mol. The molecular formula is C15H26N2. The van der Waals surface area contributed by atoms with E-state index in [0.717, 1.165) is 18.0 Å². The first-order chi connectivity index (χ1) is 8.25. The molecule has 2 bridgehead atoms. The molecule has 2 nitrogen and oxygen atoms in total. The molecule has 1 aliphatic carbocycles. The van der Waals surface area contributed by atoms with Crippen molar-refractivity contribution < 1.29 is 0 Å². The van der Waals surface area contributed by atoms with E-state index >= 15 is 0 Å². The standard InChI is InChI=1S/C15H26N2/c1-17-13-7-8-14(17)10-12(9-13)15(16)11-5-3-2-4-6-11/h5,12-15H,2-4,6-10,16H2,1H3. The summed E-state index contributed by atoms with van der Waals surface area (Å²) in [7, 11) is 2.31. The summed E-state index contributed by atoms with van der Waals surface area (Å²) in [4.78, 5) is 2.61. The van der Waals surface area contributed by atoms with Crippen molar-refractivity contribution in [2.75, 3.05) is 7.05 Å². The lowest BCUT2D eigenvalue weighted by atomic mass is 9.79. The zero-order valence-corrected chi connectivity index (χ0v) is 11.1. The highest BCUT2D eigenvalue weighted by Gasteiger charge is 2.40. The summed E-state index contributed by atoms with van der Waals surface area (Å²) >= 11 is 0. The van der Waals surface area contributed by atoms with Gasteiger partial charge in [0.15, 0.2) is 0 Å². The Kier molecular flexibility index (Phi) is 3.27. The maximum atomic E-state index is 6.53. The Labute approximate surface area is 105 Å². The summed E-state index contributed by atoms with van der Waals surface area (Å²) in [5.41, 5.74) is 8.11. The molecule has 0 amide bonds. The second kappa shape index (κ2) is 4.74. The number of nitrogens with two attached hydrogens (primary N) is 1. The summed E-state index contributed by atoms with van der Waals surface area (Å²) in [5, 5.41) is 0. The third kappa shape index (κ3) is 2.17. The average molecular weight is 234 g/mol. The topological polar surface area (TPSA) is 29.3 Å². The fourth-order valence-corrected chi connectivity index (χ4v) is 4.22. The van der Waals surface area contributed by atoms with E-state index in [1.807, 2.05) is 0 Å². The number of hydrogen-bond donors (Lipinski definition) is 1. The van der Waals surface area contributed by atoms with Crippen molar-refractivity contribution in [1.82, 2.24) is 4.90 Å². The van der Waals surface area contributed by atoms with E-state index in [0.29, 0.717) is 6.04 Å². The second-order valence-corrected chi connectivity index (χ2v) is 6.33. The Balaban J connectivity index is 1.67. The van der Waals surface area contributed by atoms with Gasteiger partial charge in [0.05, 0.1) is 0 Å². The van der Waals surface area contributed by atoms with E-state index in [2.05, 4.69) is 18.0 Å². The van der Waals surface area contributed by atoms with Crippen LogP contribution in [0.1, 0.15) is 51.4 Å². The molecule has 2 fully saturated rings.